The fourth-order valence-corrected chi connectivity index (χ4v) is 3.69. The number of fused-ring (bicyclic) bond motifs is 1. The first-order chi connectivity index (χ1) is 11.1. The maximum Gasteiger partial charge on any atom is 0.239 e. The van der Waals surface area contributed by atoms with E-state index in [1.54, 1.807) is 0 Å². The van der Waals surface area contributed by atoms with E-state index in [4.69, 9.17) is 10.7 Å². The molecule has 23 heavy (non-hydrogen) atoms. The molecule has 1 atom stereocenters. The Morgan fingerprint density at radius 1 is 1.30 bits per heavy atom. The molecule has 1 saturated carbocycles. The number of nitrogens with zero attached hydrogens (tertiary/aromatic N) is 3. The minimum Gasteiger partial charge on any atom is -0.368 e. The van der Waals surface area contributed by atoms with Crippen LogP contribution in [-0.4, -0.2) is 26.9 Å². The fraction of sp³-hybridized carbons (Fsp3) is 0.444. The topological polar surface area (TPSA) is 64.2 Å². The predicted molar refractivity (Wildman–Crippen MR) is 87.7 cm³/mol. The Bertz CT molecular complexity index is 733. The van der Waals surface area contributed by atoms with Gasteiger partial charge in [-0.1, -0.05) is 30.3 Å². The largest absolute Gasteiger partial charge is 0.368 e. The van der Waals surface area contributed by atoms with E-state index in [2.05, 4.69) is 16.5 Å². The summed E-state index contributed by atoms with van der Waals surface area (Å²) in [5.41, 5.74) is 9.10. The number of hydrogen-bond donors (Lipinski definition) is 1. The summed E-state index contributed by atoms with van der Waals surface area (Å²) in [6.07, 6.45) is 3.42. The number of hydrogen-bond acceptors (Lipinski definition) is 3. The third kappa shape index (κ3) is 2.55. The molecule has 1 aliphatic carbocycles. The lowest BCUT2D eigenvalue weighted by atomic mass is 10.0. The van der Waals surface area contributed by atoms with Crippen LogP contribution in [0.25, 0.3) is 0 Å². The van der Waals surface area contributed by atoms with E-state index >= 15 is 0 Å². The molecule has 0 radical (unpaired) electrons. The highest BCUT2D eigenvalue weighted by atomic mass is 16.1. The number of carbonyl (C=O) groups excluding carboxylic acids is 1. The Morgan fingerprint density at radius 2 is 2.04 bits per heavy atom. The Morgan fingerprint density at radius 3 is 2.70 bits per heavy atom. The molecule has 1 aromatic heterocycles. The molecule has 2 aliphatic rings. The highest BCUT2D eigenvalue weighted by Crippen LogP contribution is 2.40. The first-order valence-corrected chi connectivity index (χ1v) is 8.28. The van der Waals surface area contributed by atoms with Crippen LogP contribution in [-0.2, 0) is 24.8 Å². The van der Waals surface area contributed by atoms with Gasteiger partial charge in [-0.05, 0) is 18.4 Å². The Hall–Kier alpha value is -2.14. The minimum atomic E-state index is -0.379. The number of amides is 1. The maximum absolute atomic E-state index is 12.1. The average Bonchev–Trinajstić information content (AvgIpc) is 3.33. The van der Waals surface area contributed by atoms with Gasteiger partial charge >= 0.3 is 0 Å². The molecule has 2 aromatic rings. The van der Waals surface area contributed by atoms with Crippen molar-refractivity contribution in [3.63, 3.8) is 0 Å². The number of imidazole rings is 1. The second kappa shape index (κ2) is 5.49. The molecule has 1 aliphatic heterocycles. The average molecular weight is 310 g/mol. The minimum absolute atomic E-state index is 0.294. The molecule has 2 N–H and O–H groups in total. The third-order valence-corrected chi connectivity index (χ3v) is 5.01. The van der Waals surface area contributed by atoms with Crippen LogP contribution >= 0.6 is 0 Å². The van der Waals surface area contributed by atoms with Crippen LogP contribution in [0.15, 0.2) is 30.3 Å². The van der Waals surface area contributed by atoms with Crippen molar-refractivity contribution in [2.75, 3.05) is 6.54 Å². The first-order valence-electron chi connectivity index (χ1n) is 8.28. The zero-order valence-electron chi connectivity index (χ0n) is 13.4. The van der Waals surface area contributed by atoms with Crippen LogP contribution in [0, 0.1) is 0 Å². The second-order valence-electron chi connectivity index (χ2n) is 6.63. The summed E-state index contributed by atoms with van der Waals surface area (Å²) in [7, 11) is 2.12. The van der Waals surface area contributed by atoms with Crippen LogP contribution in [0.4, 0.5) is 0 Å². The van der Waals surface area contributed by atoms with Crippen LogP contribution in [0.3, 0.4) is 0 Å². The van der Waals surface area contributed by atoms with Crippen molar-refractivity contribution in [3.8, 4) is 0 Å². The zero-order valence-corrected chi connectivity index (χ0v) is 13.4. The zero-order chi connectivity index (χ0) is 16.0. The lowest BCUT2D eigenvalue weighted by Crippen LogP contribution is -2.41. The summed E-state index contributed by atoms with van der Waals surface area (Å²) in [6, 6.07) is 9.42. The Kier molecular flexibility index (Phi) is 3.45. The number of aromatic nitrogens is 2. The normalized spacial score (nSPS) is 19.3. The molecule has 2 heterocycles. The molecule has 5 heteroatoms. The van der Waals surface area contributed by atoms with E-state index in [9.17, 15) is 4.79 Å². The quantitative estimate of drug-likeness (QED) is 0.938. The predicted octanol–water partition coefficient (Wildman–Crippen LogP) is 1.88. The lowest BCUT2D eigenvalue weighted by molar-refractivity contribution is -0.123. The molecule has 1 fully saturated rings. The highest BCUT2D eigenvalue weighted by Gasteiger charge is 2.34. The second-order valence-corrected chi connectivity index (χ2v) is 6.63. The molecular weight excluding hydrogens is 288 g/mol. The van der Waals surface area contributed by atoms with Crippen LogP contribution in [0.5, 0.6) is 0 Å². The van der Waals surface area contributed by atoms with Gasteiger partial charge in [0.05, 0.1) is 5.69 Å². The first kappa shape index (κ1) is 14.5. The van der Waals surface area contributed by atoms with Crippen molar-refractivity contribution in [2.45, 2.75) is 37.8 Å². The van der Waals surface area contributed by atoms with Crippen molar-refractivity contribution in [1.29, 1.82) is 0 Å². The molecule has 0 spiro atoms. The van der Waals surface area contributed by atoms with Crippen molar-refractivity contribution >= 4 is 5.91 Å². The Labute approximate surface area is 136 Å². The summed E-state index contributed by atoms with van der Waals surface area (Å²) >= 11 is 0. The van der Waals surface area contributed by atoms with Gasteiger partial charge in [0.2, 0.25) is 5.91 Å². The molecule has 5 nitrogen and oxygen atoms in total. The monoisotopic (exact) mass is 310 g/mol. The summed E-state index contributed by atoms with van der Waals surface area (Å²) in [6.45, 7) is 1.53. The number of carbonyl (C=O) groups is 1. The van der Waals surface area contributed by atoms with Crippen molar-refractivity contribution < 1.29 is 4.79 Å². The lowest BCUT2D eigenvalue weighted by Gasteiger charge is -2.32. The van der Waals surface area contributed by atoms with Gasteiger partial charge in [0.1, 0.15) is 11.9 Å². The van der Waals surface area contributed by atoms with Gasteiger partial charge in [-0.2, -0.15) is 0 Å². The summed E-state index contributed by atoms with van der Waals surface area (Å²) in [4.78, 5) is 19.1. The van der Waals surface area contributed by atoms with E-state index in [0.717, 1.165) is 24.2 Å². The maximum atomic E-state index is 12.1. The van der Waals surface area contributed by atoms with Crippen LogP contribution in [0.2, 0.25) is 0 Å². The number of nitrogens with two attached hydrogens (primary N) is 1. The number of primary amides is 1. The van der Waals surface area contributed by atoms with Crippen molar-refractivity contribution in [1.82, 2.24) is 14.5 Å². The van der Waals surface area contributed by atoms with E-state index < -0.39 is 0 Å². The molecule has 1 aromatic carbocycles. The van der Waals surface area contributed by atoms with Crippen LogP contribution < -0.4 is 5.73 Å². The van der Waals surface area contributed by atoms with E-state index in [1.807, 2.05) is 30.3 Å². The summed E-state index contributed by atoms with van der Waals surface area (Å²) < 4.78 is 2.27. The summed E-state index contributed by atoms with van der Waals surface area (Å²) in [5.74, 6) is 1.56. The highest BCUT2D eigenvalue weighted by molar-refractivity contribution is 5.81. The molecular formula is C18H22N4O. The fourth-order valence-electron chi connectivity index (χ4n) is 3.69. The SMILES string of the molecule is Cn1c(C2CC2)nc2c1CCN([C@H](C(N)=O)c1ccccc1)C2. The smallest absolute Gasteiger partial charge is 0.239 e. The van der Waals surface area contributed by atoms with Gasteiger partial charge in [0.25, 0.3) is 0 Å². The third-order valence-electron chi connectivity index (χ3n) is 5.01. The van der Waals surface area contributed by atoms with Gasteiger partial charge in [-0.3, -0.25) is 9.69 Å². The van der Waals surface area contributed by atoms with Crippen LogP contribution in [0.1, 0.15) is 47.6 Å². The van der Waals surface area contributed by atoms with E-state index in [1.165, 1.54) is 24.4 Å². The molecule has 120 valence electrons. The van der Waals surface area contributed by atoms with Gasteiger partial charge in [-0.15, -0.1) is 0 Å². The summed E-state index contributed by atoms with van der Waals surface area (Å²) in [5, 5.41) is 0. The van der Waals surface area contributed by atoms with Gasteiger partial charge in [0, 0.05) is 38.2 Å². The number of rotatable bonds is 4. The van der Waals surface area contributed by atoms with Crippen molar-refractivity contribution in [3.05, 3.63) is 53.1 Å². The van der Waals surface area contributed by atoms with Crippen molar-refractivity contribution in [2.24, 2.45) is 12.8 Å². The molecule has 0 unspecified atom stereocenters. The molecule has 0 bridgehead atoms. The number of benzene rings is 1. The van der Waals surface area contributed by atoms with Gasteiger partial charge < -0.3 is 10.3 Å². The Balaban J connectivity index is 1.63. The molecule has 4 rings (SSSR count). The van der Waals surface area contributed by atoms with E-state index in [-0.39, 0.29) is 11.9 Å². The van der Waals surface area contributed by atoms with Gasteiger partial charge in [-0.25, -0.2) is 4.98 Å². The standard InChI is InChI=1S/C18H22N4O/c1-21-15-9-10-22(11-14(15)20-18(21)13-7-8-13)16(17(19)23)12-5-3-2-4-6-12/h2-6,13,16H,7-11H2,1H3,(H2,19,23)/t16-/m0/s1. The molecule has 1 amide bonds. The van der Waals surface area contributed by atoms with Gasteiger partial charge in [0.15, 0.2) is 0 Å². The molecule has 0 saturated heterocycles. The van der Waals surface area contributed by atoms with E-state index in [0.29, 0.717) is 12.5 Å².